The van der Waals surface area contributed by atoms with Gasteiger partial charge in [0.25, 0.3) is 5.91 Å². The Kier molecular flexibility index (Phi) is 3.67. The molecule has 0 atom stereocenters. The highest BCUT2D eigenvalue weighted by Gasteiger charge is 2.34. The van der Waals surface area contributed by atoms with Crippen molar-refractivity contribution in [3.8, 4) is 6.07 Å². The number of halogens is 3. The maximum absolute atomic E-state index is 12.8. The molecule has 0 spiro atoms. The zero-order valence-corrected chi connectivity index (χ0v) is 10.8. The second-order valence-electron chi connectivity index (χ2n) is 4.16. The van der Waals surface area contributed by atoms with Gasteiger partial charge in [0.2, 0.25) is 0 Å². The number of alkyl halides is 3. The molecule has 0 aliphatic carbocycles. The number of anilines is 1. The second kappa shape index (κ2) is 5.28. The van der Waals surface area contributed by atoms with E-state index < -0.39 is 23.2 Å². The first-order valence-corrected chi connectivity index (χ1v) is 5.73. The zero-order valence-electron chi connectivity index (χ0n) is 10.8. The highest BCUT2D eigenvalue weighted by Crippen LogP contribution is 2.33. The number of carbonyl (C=O) groups is 1. The lowest BCUT2D eigenvalue weighted by Gasteiger charge is -2.11. The van der Waals surface area contributed by atoms with Crippen molar-refractivity contribution in [2.24, 2.45) is 7.05 Å². The van der Waals surface area contributed by atoms with E-state index in [0.29, 0.717) is 0 Å². The smallest absolute Gasteiger partial charge is 0.321 e. The third-order valence-electron chi connectivity index (χ3n) is 2.76. The lowest BCUT2D eigenvalue weighted by atomic mass is 10.1. The molecular weight excluding hydrogens is 285 g/mol. The van der Waals surface area contributed by atoms with E-state index in [1.807, 2.05) is 0 Å². The van der Waals surface area contributed by atoms with Gasteiger partial charge >= 0.3 is 6.18 Å². The van der Waals surface area contributed by atoms with Crippen molar-refractivity contribution >= 4 is 11.6 Å². The van der Waals surface area contributed by atoms with Crippen LogP contribution in [0.15, 0.2) is 30.5 Å². The Balaban J connectivity index is 2.32. The van der Waals surface area contributed by atoms with Gasteiger partial charge in [0.05, 0.1) is 17.2 Å². The topological polar surface area (TPSA) is 70.7 Å². The number of amides is 1. The average Bonchev–Trinajstić information content (AvgIpc) is 2.84. The summed E-state index contributed by atoms with van der Waals surface area (Å²) < 4.78 is 39.7. The first-order valence-electron chi connectivity index (χ1n) is 5.73. The summed E-state index contributed by atoms with van der Waals surface area (Å²) in [6, 6.07) is 5.89. The minimum atomic E-state index is -4.67. The summed E-state index contributed by atoms with van der Waals surface area (Å²) in [5, 5.41) is 14.8. The van der Waals surface area contributed by atoms with E-state index >= 15 is 0 Å². The molecule has 0 unspecified atom stereocenters. The normalized spacial score (nSPS) is 11.0. The number of nitrogens with one attached hydrogen (secondary N) is 1. The van der Waals surface area contributed by atoms with Crippen LogP contribution in [0.2, 0.25) is 0 Å². The van der Waals surface area contributed by atoms with E-state index in [4.69, 9.17) is 5.26 Å². The Bertz CT molecular complexity index is 728. The molecule has 0 saturated carbocycles. The van der Waals surface area contributed by atoms with Gasteiger partial charge in [-0.1, -0.05) is 0 Å². The molecule has 21 heavy (non-hydrogen) atoms. The Morgan fingerprint density at radius 3 is 2.62 bits per heavy atom. The number of nitrogens with zero attached hydrogens (tertiary/aromatic N) is 3. The number of hydrogen-bond donors (Lipinski definition) is 1. The molecule has 108 valence electrons. The Hall–Kier alpha value is -2.82. The second-order valence-corrected chi connectivity index (χ2v) is 4.16. The van der Waals surface area contributed by atoms with Gasteiger partial charge in [-0.25, -0.2) is 0 Å². The van der Waals surface area contributed by atoms with Crippen LogP contribution >= 0.6 is 0 Å². The number of carbonyl (C=O) groups excluding carboxylic acids is 1. The highest BCUT2D eigenvalue weighted by molar-refractivity contribution is 6.03. The van der Waals surface area contributed by atoms with E-state index in [0.717, 1.165) is 12.1 Å². The largest absolute Gasteiger partial charge is 0.417 e. The Labute approximate surface area is 117 Å². The standard InChI is InChI=1S/C13H9F3N4O/c1-20-11(4-5-18-20)12(21)19-9-3-2-8(7-17)10(6-9)13(14,15)16/h2-6H,1H3,(H,19,21). The molecular formula is C13H9F3N4O. The van der Waals surface area contributed by atoms with Gasteiger partial charge in [-0.15, -0.1) is 0 Å². The van der Waals surface area contributed by atoms with E-state index in [1.165, 1.54) is 36.1 Å². The summed E-state index contributed by atoms with van der Waals surface area (Å²) in [6.45, 7) is 0. The van der Waals surface area contributed by atoms with Gasteiger partial charge in [0.15, 0.2) is 0 Å². The van der Waals surface area contributed by atoms with E-state index in [-0.39, 0.29) is 11.4 Å². The fraction of sp³-hybridized carbons (Fsp3) is 0.154. The molecule has 1 amide bonds. The monoisotopic (exact) mass is 294 g/mol. The number of aromatic nitrogens is 2. The first kappa shape index (κ1) is 14.6. The molecule has 8 heteroatoms. The Morgan fingerprint density at radius 1 is 1.38 bits per heavy atom. The number of rotatable bonds is 2. The summed E-state index contributed by atoms with van der Waals surface area (Å²) >= 11 is 0. The van der Waals surface area contributed by atoms with Gasteiger partial charge < -0.3 is 5.32 Å². The predicted octanol–water partition coefficient (Wildman–Crippen LogP) is 2.56. The summed E-state index contributed by atoms with van der Waals surface area (Å²) in [6.07, 6.45) is -3.27. The van der Waals surface area contributed by atoms with Crippen LogP contribution in [0.3, 0.4) is 0 Å². The van der Waals surface area contributed by atoms with Crippen LogP contribution in [0.1, 0.15) is 21.6 Å². The van der Waals surface area contributed by atoms with Crippen LogP contribution < -0.4 is 5.32 Å². The SMILES string of the molecule is Cn1nccc1C(=O)Nc1ccc(C#N)c(C(F)(F)F)c1. The molecule has 0 aliphatic rings. The summed E-state index contributed by atoms with van der Waals surface area (Å²) in [7, 11) is 1.54. The fourth-order valence-corrected chi connectivity index (χ4v) is 1.75. The van der Waals surface area contributed by atoms with Crippen LogP contribution in [-0.2, 0) is 13.2 Å². The van der Waals surface area contributed by atoms with Crippen LogP contribution in [0.4, 0.5) is 18.9 Å². The van der Waals surface area contributed by atoms with Crippen molar-refractivity contribution in [2.75, 3.05) is 5.32 Å². The molecule has 0 fully saturated rings. The molecule has 0 radical (unpaired) electrons. The number of aryl methyl sites for hydroxylation is 1. The molecule has 5 nitrogen and oxygen atoms in total. The van der Waals surface area contributed by atoms with Crippen molar-refractivity contribution in [1.82, 2.24) is 9.78 Å². The average molecular weight is 294 g/mol. The Morgan fingerprint density at radius 2 is 2.10 bits per heavy atom. The molecule has 1 aromatic carbocycles. The zero-order chi connectivity index (χ0) is 15.6. The summed E-state index contributed by atoms with van der Waals surface area (Å²) in [5.74, 6) is -0.590. The van der Waals surface area contributed by atoms with Crippen molar-refractivity contribution in [2.45, 2.75) is 6.18 Å². The van der Waals surface area contributed by atoms with Gasteiger partial charge in [0.1, 0.15) is 5.69 Å². The first-order chi connectivity index (χ1) is 9.82. The quantitative estimate of drug-likeness (QED) is 0.925. The molecule has 0 saturated heterocycles. The molecule has 1 heterocycles. The molecule has 1 aromatic heterocycles. The molecule has 2 rings (SSSR count). The minimum absolute atomic E-state index is 0.0486. The molecule has 0 aliphatic heterocycles. The van der Waals surface area contributed by atoms with E-state index in [1.54, 1.807) is 0 Å². The van der Waals surface area contributed by atoms with Gasteiger partial charge in [-0.2, -0.15) is 23.5 Å². The van der Waals surface area contributed by atoms with Gasteiger partial charge in [0, 0.05) is 18.9 Å². The molecule has 0 bridgehead atoms. The van der Waals surface area contributed by atoms with E-state index in [2.05, 4.69) is 10.4 Å². The maximum Gasteiger partial charge on any atom is 0.417 e. The van der Waals surface area contributed by atoms with Crippen LogP contribution in [0.25, 0.3) is 0 Å². The lowest BCUT2D eigenvalue weighted by molar-refractivity contribution is -0.137. The van der Waals surface area contributed by atoms with Crippen molar-refractivity contribution < 1.29 is 18.0 Å². The number of benzene rings is 1. The number of hydrogen-bond acceptors (Lipinski definition) is 3. The fourth-order valence-electron chi connectivity index (χ4n) is 1.75. The van der Waals surface area contributed by atoms with Crippen LogP contribution in [-0.4, -0.2) is 15.7 Å². The summed E-state index contributed by atoms with van der Waals surface area (Å²) in [4.78, 5) is 11.9. The van der Waals surface area contributed by atoms with Crippen molar-refractivity contribution in [3.63, 3.8) is 0 Å². The number of nitriles is 1. The summed E-state index contributed by atoms with van der Waals surface area (Å²) in [5.41, 5.74) is -1.44. The van der Waals surface area contributed by atoms with Crippen molar-refractivity contribution in [3.05, 3.63) is 47.3 Å². The third kappa shape index (κ3) is 3.02. The maximum atomic E-state index is 12.8. The molecule has 2 aromatic rings. The highest BCUT2D eigenvalue weighted by atomic mass is 19.4. The predicted molar refractivity (Wildman–Crippen MR) is 67.3 cm³/mol. The van der Waals surface area contributed by atoms with Crippen molar-refractivity contribution in [1.29, 1.82) is 5.26 Å². The molecule has 1 N–H and O–H groups in total. The lowest BCUT2D eigenvalue weighted by Crippen LogP contribution is -2.17. The van der Waals surface area contributed by atoms with Gasteiger partial charge in [-0.05, 0) is 24.3 Å². The third-order valence-corrected chi connectivity index (χ3v) is 2.76. The van der Waals surface area contributed by atoms with Crippen LogP contribution in [0.5, 0.6) is 0 Å². The minimum Gasteiger partial charge on any atom is -0.321 e. The van der Waals surface area contributed by atoms with E-state index in [9.17, 15) is 18.0 Å². The van der Waals surface area contributed by atoms with Crippen LogP contribution in [0, 0.1) is 11.3 Å². The van der Waals surface area contributed by atoms with Gasteiger partial charge in [-0.3, -0.25) is 9.48 Å².